The lowest BCUT2D eigenvalue weighted by molar-refractivity contribution is -0.119. The van der Waals surface area contributed by atoms with Gasteiger partial charge in [0.05, 0.1) is 0 Å². The van der Waals surface area contributed by atoms with Crippen LogP contribution in [0, 0.1) is 18.2 Å². The average Bonchev–Trinajstić information content (AvgIpc) is 2.79. The highest BCUT2D eigenvalue weighted by molar-refractivity contribution is 5.94. The number of rotatable bonds is 1. The Bertz CT molecular complexity index is 572. The zero-order chi connectivity index (χ0) is 15.0. The number of nitrogens with zero attached hydrogens (tertiary/aromatic N) is 1. The number of carbonyl (C=O) groups is 2. The lowest BCUT2D eigenvalue weighted by Crippen LogP contribution is -2.44. The SMILES string of the molecule is Cc1cc(F)cc(C(=O)N2CCC3(CC2)CNC(=O)C3)c1. The molecule has 21 heavy (non-hydrogen) atoms. The maximum absolute atomic E-state index is 13.4. The van der Waals surface area contributed by atoms with Crippen molar-refractivity contribution >= 4 is 11.8 Å². The molecule has 2 amide bonds. The molecule has 2 saturated heterocycles. The maximum atomic E-state index is 13.4. The molecule has 1 spiro atoms. The van der Waals surface area contributed by atoms with E-state index in [2.05, 4.69) is 5.32 Å². The molecule has 5 heteroatoms. The van der Waals surface area contributed by atoms with E-state index in [0.29, 0.717) is 31.6 Å². The number of piperidine rings is 1. The maximum Gasteiger partial charge on any atom is 0.253 e. The summed E-state index contributed by atoms with van der Waals surface area (Å²) >= 11 is 0. The first-order chi connectivity index (χ1) is 9.97. The summed E-state index contributed by atoms with van der Waals surface area (Å²) in [5.74, 6) is -0.391. The minimum atomic E-state index is -0.377. The number of likely N-dealkylation sites (tertiary alicyclic amines) is 1. The second kappa shape index (κ2) is 5.13. The number of benzene rings is 1. The molecule has 2 heterocycles. The Balaban J connectivity index is 1.69. The van der Waals surface area contributed by atoms with E-state index in [4.69, 9.17) is 0 Å². The van der Waals surface area contributed by atoms with Crippen LogP contribution in [0.3, 0.4) is 0 Å². The molecule has 0 unspecified atom stereocenters. The van der Waals surface area contributed by atoms with Crippen LogP contribution < -0.4 is 5.32 Å². The zero-order valence-electron chi connectivity index (χ0n) is 12.1. The highest BCUT2D eigenvalue weighted by Crippen LogP contribution is 2.37. The van der Waals surface area contributed by atoms with Crippen molar-refractivity contribution < 1.29 is 14.0 Å². The minimum absolute atomic E-state index is 0.0196. The number of hydrogen-bond donors (Lipinski definition) is 1. The molecule has 1 N–H and O–H groups in total. The van der Waals surface area contributed by atoms with Gasteiger partial charge in [0, 0.05) is 31.6 Å². The molecule has 2 aliphatic rings. The molecule has 1 aromatic carbocycles. The van der Waals surface area contributed by atoms with Gasteiger partial charge in [-0.2, -0.15) is 0 Å². The first-order valence-corrected chi connectivity index (χ1v) is 7.31. The molecule has 4 nitrogen and oxygen atoms in total. The summed E-state index contributed by atoms with van der Waals surface area (Å²) in [6.45, 7) is 3.75. The van der Waals surface area contributed by atoms with Gasteiger partial charge in [-0.15, -0.1) is 0 Å². The molecular formula is C16H19FN2O2. The van der Waals surface area contributed by atoms with Crippen LogP contribution in [0.15, 0.2) is 18.2 Å². The summed E-state index contributed by atoms with van der Waals surface area (Å²) in [5.41, 5.74) is 1.17. The summed E-state index contributed by atoms with van der Waals surface area (Å²) in [6, 6.07) is 4.43. The molecule has 3 rings (SSSR count). The molecule has 0 bridgehead atoms. The fraction of sp³-hybridized carbons (Fsp3) is 0.500. The van der Waals surface area contributed by atoms with E-state index >= 15 is 0 Å². The Morgan fingerprint density at radius 2 is 2.00 bits per heavy atom. The van der Waals surface area contributed by atoms with Crippen LogP contribution in [0.25, 0.3) is 0 Å². The van der Waals surface area contributed by atoms with Gasteiger partial charge in [0.15, 0.2) is 0 Å². The van der Waals surface area contributed by atoms with Gasteiger partial charge in [0.25, 0.3) is 5.91 Å². The fourth-order valence-electron chi connectivity index (χ4n) is 3.33. The first-order valence-electron chi connectivity index (χ1n) is 7.31. The third kappa shape index (κ3) is 2.77. The van der Waals surface area contributed by atoms with Crippen molar-refractivity contribution in [3.63, 3.8) is 0 Å². The quantitative estimate of drug-likeness (QED) is 0.858. The summed E-state index contributed by atoms with van der Waals surface area (Å²) < 4.78 is 13.4. The molecule has 0 atom stereocenters. The average molecular weight is 290 g/mol. The smallest absolute Gasteiger partial charge is 0.253 e. The van der Waals surface area contributed by atoms with Crippen LogP contribution in [0.5, 0.6) is 0 Å². The molecular weight excluding hydrogens is 271 g/mol. The molecule has 0 aliphatic carbocycles. The lowest BCUT2D eigenvalue weighted by atomic mass is 9.77. The molecule has 2 aliphatic heterocycles. The molecule has 0 radical (unpaired) electrons. The topological polar surface area (TPSA) is 49.4 Å². The highest BCUT2D eigenvalue weighted by Gasteiger charge is 2.41. The Hall–Kier alpha value is -1.91. The van der Waals surface area contributed by atoms with Crippen molar-refractivity contribution in [1.82, 2.24) is 10.2 Å². The van der Waals surface area contributed by atoms with Gasteiger partial charge in [-0.05, 0) is 48.9 Å². The second-order valence-corrected chi connectivity index (χ2v) is 6.26. The lowest BCUT2D eigenvalue weighted by Gasteiger charge is -2.38. The summed E-state index contributed by atoms with van der Waals surface area (Å²) in [4.78, 5) is 25.6. The van der Waals surface area contributed by atoms with Gasteiger partial charge in [-0.1, -0.05) is 0 Å². The molecule has 0 saturated carbocycles. The van der Waals surface area contributed by atoms with E-state index in [9.17, 15) is 14.0 Å². The Morgan fingerprint density at radius 3 is 2.57 bits per heavy atom. The van der Waals surface area contributed by atoms with Crippen LogP contribution in [0.4, 0.5) is 4.39 Å². The minimum Gasteiger partial charge on any atom is -0.356 e. The van der Waals surface area contributed by atoms with E-state index in [0.717, 1.165) is 18.4 Å². The molecule has 0 aromatic heterocycles. The zero-order valence-corrected chi connectivity index (χ0v) is 12.1. The van der Waals surface area contributed by atoms with Crippen LogP contribution >= 0.6 is 0 Å². The van der Waals surface area contributed by atoms with Crippen LogP contribution in [0.1, 0.15) is 35.2 Å². The summed E-state index contributed by atoms with van der Waals surface area (Å²) in [5, 5.41) is 2.88. The van der Waals surface area contributed by atoms with E-state index in [-0.39, 0.29) is 23.0 Å². The van der Waals surface area contributed by atoms with Crippen molar-refractivity contribution in [3.8, 4) is 0 Å². The highest BCUT2D eigenvalue weighted by atomic mass is 19.1. The number of hydrogen-bond acceptors (Lipinski definition) is 2. The third-order valence-electron chi connectivity index (χ3n) is 4.60. The summed E-state index contributed by atoms with van der Waals surface area (Å²) in [6.07, 6.45) is 2.21. The summed E-state index contributed by atoms with van der Waals surface area (Å²) in [7, 11) is 0. The second-order valence-electron chi connectivity index (χ2n) is 6.26. The van der Waals surface area contributed by atoms with Crippen molar-refractivity contribution in [2.75, 3.05) is 19.6 Å². The Kier molecular flexibility index (Phi) is 3.43. The standard InChI is InChI=1S/C16H19FN2O2/c1-11-6-12(8-13(17)7-11)15(21)19-4-2-16(3-5-19)9-14(20)18-10-16/h6-8H,2-5,9-10H2,1H3,(H,18,20). The number of carbonyl (C=O) groups excluding carboxylic acids is 2. The molecule has 2 fully saturated rings. The number of amides is 2. The Labute approximate surface area is 123 Å². The van der Waals surface area contributed by atoms with Crippen molar-refractivity contribution in [2.24, 2.45) is 5.41 Å². The van der Waals surface area contributed by atoms with Crippen LogP contribution in [-0.4, -0.2) is 36.3 Å². The van der Waals surface area contributed by atoms with Crippen molar-refractivity contribution in [2.45, 2.75) is 26.2 Å². The monoisotopic (exact) mass is 290 g/mol. The molecule has 112 valence electrons. The van der Waals surface area contributed by atoms with E-state index < -0.39 is 0 Å². The van der Waals surface area contributed by atoms with Gasteiger partial charge < -0.3 is 10.2 Å². The number of nitrogens with one attached hydrogen (secondary N) is 1. The molecule has 1 aromatic rings. The van der Waals surface area contributed by atoms with E-state index in [1.54, 1.807) is 17.9 Å². The van der Waals surface area contributed by atoms with Gasteiger partial charge in [-0.25, -0.2) is 4.39 Å². The van der Waals surface area contributed by atoms with Crippen molar-refractivity contribution in [1.29, 1.82) is 0 Å². The normalized spacial score (nSPS) is 20.7. The van der Waals surface area contributed by atoms with Crippen molar-refractivity contribution in [3.05, 3.63) is 35.1 Å². The van der Waals surface area contributed by atoms with Crippen LogP contribution in [-0.2, 0) is 4.79 Å². The Morgan fingerprint density at radius 1 is 1.29 bits per heavy atom. The van der Waals surface area contributed by atoms with Gasteiger partial charge in [-0.3, -0.25) is 9.59 Å². The van der Waals surface area contributed by atoms with Crippen LogP contribution in [0.2, 0.25) is 0 Å². The van der Waals surface area contributed by atoms with Gasteiger partial charge in [0.2, 0.25) is 5.91 Å². The largest absolute Gasteiger partial charge is 0.356 e. The van der Waals surface area contributed by atoms with E-state index in [1.807, 2.05) is 0 Å². The van der Waals surface area contributed by atoms with E-state index in [1.165, 1.54) is 12.1 Å². The predicted molar refractivity (Wildman–Crippen MR) is 76.3 cm³/mol. The van der Waals surface area contributed by atoms with Gasteiger partial charge >= 0.3 is 0 Å². The van der Waals surface area contributed by atoms with Gasteiger partial charge in [0.1, 0.15) is 5.82 Å². The fourth-order valence-corrected chi connectivity index (χ4v) is 3.33. The third-order valence-corrected chi connectivity index (χ3v) is 4.60. The number of aryl methyl sites for hydroxylation is 1. The first kappa shape index (κ1) is 14.0. The number of halogens is 1. The predicted octanol–water partition coefficient (Wildman–Crippen LogP) is 1.88.